The van der Waals surface area contributed by atoms with E-state index in [4.69, 9.17) is 0 Å². The lowest BCUT2D eigenvalue weighted by atomic mass is 10.2. The minimum Gasteiger partial charge on any atom is -0.354 e. The number of carbonyl (C=O) groups is 1. The molecule has 0 aliphatic carbocycles. The van der Waals surface area contributed by atoms with E-state index >= 15 is 0 Å². The van der Waals surface area contributed by atoms with E-state index in [1.54, 1.807) is 6.20 Å². The van der Waals surface area contributed by atoms with Gasteiger partial charge < -0.3 is 15.1 Å². The number of nitrogens with one attached hydrogen (secondary N) is 1. The Morgan fingerprint density at radius 2 is 1.96 bits per heavy atom. The normalized spacial score (nSPS) is 17.8. The fraction of sp³-hybridized carbons (Fsp3) is 0.600. The van der Waals surface area contributed by atoms with Crippen LogP contribution in [0, 0.1) is 0 Å². The molecule has 1 fully saturated rings. The molecule has 0 aromatic carbocycles. The van der Waals surface area contributed by atoms with Gasteiger partial charge in [0.05, 0.1) is 0 Å². The zero-order valence-corrected chi connectivity index (χ0v) is 14.6. The topological polar surface area (TPSA) is 82.6 Å². The molecule has 2 heterocycles. The Labute approximate surface area is 137 Å². The monoisotopic (exact) mass is 340 g/mol. The van der Waals surface area contributed by atoms with Crippen LogP contribution in [0.4, 0.5) is 5.82 Å². The zero-order chi connectivity index (χ0) is 17.0. The molecule has 7 nitrogen and oxygen atoms in total. The van der Waals surface area contributed by atoms with Crippen LogP contribution in [0.1, 0.15) is 12.5 Å². The Bertz CT molecular complexity index is 637. The third-order valence-corrected chi connectivity index (χ3v) is 5.61. The molecule has 8 heteroatoms. The number of aromatic nitrogens is 1. The molecule has 1 aromatic rings. The second-order valence-electron chi connectivity index (χ2n) is 6.00. The fourth-order valence-corrected chi connectivity index (χ4v) is 2.74. The first-order valence-electron chi connectivity index (χ1n) is 7.62. The maximum atomic E-state index is 11.8. The Balaban J connectivity index is 1.89. The van der Waals surface area contributed by atoms with Gasteiger partial charge >= 0.3 is 0 Å². The standard InChI is InChI=1S/C15H24N4O3S/c1-12(23(3,21)22)15(20)17-11-13-4-5-14(16-10-13)19-8-6-18(2)7-9-19/h4-5,10,12H,6-9,11H2,1-3H3,(H,17,20). The maximum Gasteiger partial charge on any atom is 0.238 e. The number of rotatable bonds is 5. The van der Waals surface area contributed by atoms with Gasteiger partial charge in [-0.05, 0) is 25.6 Å². The SMILES string of the molecule is CC(C(=O)NCc1ccc(N2CCN(C)CC2)nc1)S(C)(=O)=O. The van der Waals surface area contributed by atoms with Crippen molar-refractivity contribution in [1.82, 2.24) is 15.2 Å². The van der Waals surface area contributed by atoms with Crippen molar-refractivity contribution in [1.29, 1.82) is 0 Å². The third-order valence-electron chi connectivity index (χ3n) is 4.11. The highest BCUT2D eigenvalue weighted by molar-refractivity contribution is 7.92. The van der Waals surface area contributed by atoms with Crippen molar-refractivity contribution < 1.29 is 13.2 Å². The van der Waals surface area contributed by atoms with Crippen LogP contribution in [0.2, 0.25) is 0 Å². The second-order valence-corrected chi connectivity index (χ2v) is 8.37. The van der Waals surface area contributed by atoms with Crippen LogP contribution in [0.25, 0.3) is 0 Å². The fourth-order valence-electron chi connectivity index (χ4n) is 2.27. The van der Waals surface area contributed by atoms with Gasteiger partial charge in [0, 0.05) is 45.2 Å². The molecule has 1 aromatic heterocycles. The highest BCUT2D eigenvalue weighted by Gasteiger charge is 2.23. The number of hydrogen-bond acceptors (Lipinski definition) is 6. The summed E-state index contributed by atoms with van der Waals surface area (Å²) >= 11 is 0. The van der Waals surface area contributed by atoms with Gasteiger partial charge in [0.2, 0.25) is 5.91 Å². The van der Waals surface area contributed by atoms with Crippen molar-refractivity contribution in [2.45, 2.75) is 18.7 Å². The average molecular weight is 340 g/mol. The molecule has 0 saturated carbocycles. The smallest absolute Gasteiger partial charge is 0.238 e. The van der Waals surface area contributed by atoms with Crippen LogP contribution in [-0.4, -0.2) is 68.9 Å². The van der Waals surface area contributed by atoms with Gasteiger partial charge in [-0.3, -0.25) is 4.79 Å². The summed E-state index contributed by atoms with van der Waals surface area (Å²) in [7, 11) is -1.27. The van der Waals surface area contributed by atoms with Crippen LogP contribution < -0.4 is 10.2 Å². The Kier molecular flexibility index (Phi) is 5.59. The molecule has 23 heavy (non-hydrogen) atoms. The van der Waals surface area contributed by atoms with E-state index in [1.165, 1.54) is 6.92 Å². The van der Waals surface area contributed by atoms with Crippen LogP contribution in [0.3, 0.4) is 0 Å². The molecule has 2 rings (SSSR count). The van der Waals surface area contributed by atoms with Gasteiger partial charge in [-0.1, -0.05) is 6.07 Å². The summed E-state index contributed by atoms with van der Waals surface area (Å²) < 4.78 is 22.7. The predicted molar refractivity (Wildman–Crippen MR) is 90.1 cm³/mol. The lowest BCUT2D eigenvalue weighted by Gasteiger charge is -2.33. The predicted octanol–water partition coefficient (Wildman–Crippen LogP) is -0.117. The van der Waals surface area contributed by atoms with Crippen molar-refractivity contribution in [2.75, 3.05) is 44.4 Å². The highest BCUT2D eigenvalue weighted by atomic mass is 32.2. The van der Waals surface area contributed by atoms with Crippen molar-refractivity contribution in [3.05, 3.63) is 23.9 Å². The van der Waals surface area contributed by atoms with E-state index in [9.17, 15) is 13.2 Å². The van der Waals surface area contributed by atoms with Gasteiger partial charge in [0.25, 0.3) is 0 Å². The minimum atomic E-state index is -3.37. The quantitative estimate of drug-likeness (QED) is 0.805. The molecule has 1 N–H and O–H groups in total. The summed E-state index contributed by atoms with van der Waals surface area (Å²) in [6.45, 7) is 5.59. The molecule has 0 spiro atoms. The van der Waals surface area contributed by atoms with Crippen LogP contribution in [0.15, 0.2) is 18.3 Å². The average Bonchev–Trinajstić information content (AvgIpc) is 2.52. The number of anilines is 1. The Morgan fingerprint density at radius 1 is 1.30 bits per heavy atom. The van der Waals surface area contributed by atoms with Crippen molar-refractivity contribution in [2.24, 2.45) is 0 Å². The number of sulfone groups is 1. The molecule has 1 unspecified atom stereocenters. The molecule has 0 radical (unpaired) electrons. The summed E-state index contributed by atoms with van der Waals surface area (Å²) in [4.78, 5) is 20.7. The van der Waals surface area contributed by atoms with Crippen molar-refractivity contribution >= 4 is 21.6 Å². The van der Waals surface area contributed by atoms with Gasteiger partial charge in [-0.15, -0.1) is 0 Å². The molecule has 128 valence electrons. The van der Waals surface area contributed by atoms with E-state index in [2.05, 4.69) is 27.1 Å². The van der Waals surface area contributed by atoms with Crippen LogP contribution in [0.5, 0.6) is 0 Å². The first-order chi connectivity index (χ1) is 10.8. The molecular weight excluding hydrogens is 316 g/mol. The molecule has 0 bridgehead atoms. The first kappa shape index (κ1) is 17.7. The van der Waals surface area contributed by atoms with Gasteiger partial charge in [-0.2, -0.15) is 0 Å². The lowest BCUT2D eigenvalue weighted by Crippen LogP contribution is -2.44. The van der Waals surface area contributed by atoms with E-state index in [-0.39, 0.29) is 6.54 Å². The molecule has 1 aliphatic rings. The van der Waals surface area contributed by atoms with Crippen molar-refractivity contribution in [3.8, 4) is 0 Å². The number of pyridine rings is 1. The number of hydrogen-bond donors (Lipinski definition) is 1. The zero-order valence-electron chi connectivity index (χ0n) is 13.8. The molecule has 1 aliphatic heterocycles. The van der Waals surface area contributed by atoms with Gasteiger partial charge in [-0.25, -0.2) is 13.4 Å². The Morgan fingerprint density at radius 3 is 2.48 bits per heavy atom. The van der Waals surface area contributed by atoms with E-state index in [0.29, 0.717) is 0 Å². The summed E-state index contributed by atoms with van der Waals surface area (Å²) in [5.41, 5.74) is 0.844. The van der Waals surface area contributed by atoms with Crippen LogP contribution >= 0.6 is 0 Å². The molecule has 1 atom stereocenters. The van der Waals surface area contributed by atoms with Crippen molar-refractivity contribution in [3.63, 3.8) is 0 Å². The number of amides is 1. The van der Waals surface area contributed by atoms with Crippen LogP contribution in [-0.2, 0) is 21.2 Å². The number of piperazine rings is 1. The first-order valence-corrected chi connectivity index (χ1v) is 9.58. The van der Waals surface area contributed by atoms with Gasteiger partial charge in [0.15, 0.2) is 9.84 Å². The largest absolute Gasteiger partial charge is 0.354 e. The summed E-state index contributed by atoms with van der Waals surface area (Å²) in [6, 6.07) is 3.85. The van der Waals surface area contributed by atoms with E-state index in [1.807, 2.05) is 12.1 Å². The summed E-state index contributed by atoms with van der Waals surface area (Å²) in [5, 5.41) is 1.59. The molecule has 1 amide bonds. The highest BCUT2D eigenvalue weighted by Crippen LogP contribution is 2.13. The maximum absolute atomic E-state index is 11.8. The number of nitrogens with zero attached hydrogens (tertiary/aromatic N) is 3. The Hall–Kier alpha value is -1.67. The lowest BCUT2D eigenvalue weighted by molar-refractivity contribution is -0.120. The molecule has 1 saturated heterocycles. The number of carbonyl (C=O) groups excluding carboxylic acids is 1. The van der Waals surface area contributed by atoms with E-state index in [0.717, 1.165) is 43.8 Å². The second kappa shape index (κ2) is 7.27. The molecular formula is C15H24N4O3S. The summed E-state index contributed by atoms with van der Waals surface area (Å²) in [6.07, 6.45) is 2.78. The summed E-state index contributed by atoms with van der Waals surface area (Å²) in [5.74, 6) is 0.438. The number of likely N-dealkylation sites (N-methyl/N-ethyl adjacent to an activating group) is 1. The van der Waals surface area contributed by atoms with E-state index < -0.39 is 21.0 Å². The minimum absolute atomic E-state index is 0.273. The third kappa shape index (κ3) is 4.90. The van der Waals surface area contributed by atoms with Gasteiger partial charge in [0.1, 0.15) is 11.1 Å².